The van der Waals surface area contributed by atoms with Gasteiger partial charge in [0, 0.05) is 29.3 Å². The topological polar surface area (TPSA) is 84.7 Å². The summed E-state index contributed by atoms with van der Waals surface area (Å²) in [6.07, 6.45) is -3.12. The molecule has 3 aromatic rings. The van der Waals surface area contributed by atoms with Gasteiger partial charge in [-0.2, -0.15) is 13.2 Å². The molecule has 0 spiro atoms. The Labute approximate surface area is 198 Å². The van der Waals surface area contributed by atoms with Crippen LogP contribution in [0.15, 0.2) is 47.0 Å². The van der Waals surface area contributed by atoms with Crippen molar-refractivity contribution in [3.05, 3.63) is 59.2 Å². The zero-order valence-electron chi connectivity index (χ0n) is 18.8. The standard InChI is InChI=1S/C25H22F3N3O4/c1-14(32)29-12-19-13-31(24(33)34-19)18-10-7-15-3-2-4-20-22(30-35-23(20)21(15)11-18)16-5-8-17(9-6-16)25(26,27)28/h5-11,19H,2-4,12-13H2,1H3,(H,29,32)/t19-/m0/s1. The fourth-order valence-electron chi connectivity index (χ4n) is 4.51. The largest absolute Gasteiger partial charge is 0.442 e. The third kappa shape index (κ3) is 4.48. The van der Waals surface area contributed by atoms with Crippen molar-refractivity contribution in [2.75, 3.05) is 18.0 Å². The van der Waals surface area contributed by atoms with Gasteiger partial charge in [0.15, 0.2) is 5.76 Å². The number of aromatic nitrogens is 1. The van der Waals surface area contributed by atoms with Crippen LogP contribution in [0.25, 0.3) is 22.6 Å². The van der Waals surface area contributed by atoms with Crippen LogP contribution in [-0.4, -0.2) is 36.4 Å². The van der Waals surface area contributed by atoms with Gasteiger partial charge in [-0.15, -0.1) is 0 Å². The lowest BCUT2D eigenvalue weighted by molar-refractivity contribution is -0.137. The predicted molar refractivity (Wildman–Crippen MR) is 121 cm³/mol. The first-order valence-electron chi connectivity index (χ1n) is 11.2. The minimum absolute atomic E-state index is 0.203. The first-order chi connectivity index (χ1) is 16.7. The Morgan fingerprint density at radius 3 is 2.66 bits per heavy atom. The van der Waals surface area contributed by atoms with E-state index in [0.717, 1.165) is 41.7 Å². The van der Waals surface area contributed by atoms with Gasteiger partial charge >= 0.3 is 12.3 Å². The Balaban J connectivity index is 1.46. The molecular weight excluding hydrogens is 463 g/mol. The molecule has 5 rings (SSSR count). The number of carbonyl (C=O) groups is 2. The number of alkyl halides is 3. The van der Waals surface area contributed by atoms with Crippen molar-refractivity contribution >= 4 is 17.7 Å². The highest BCUT2D eigenvalue weighted by atomic mass is 19.4. The van der Waals surface area contributed by atoms with E-state index in [4.69, 9.17) is 9.26 Å². The summed E-state index contributed by atoms with van der Waals surface area (Å²) in [7, 11) is 0. The predicted octanol–water partition coefficient (Wildman–Crippen LogP) is 4.98. The fourth-order valence-corrected chi connectivity index (χ4v) is 4.51. The molecule has 0 radical (unpaired) electrons. The van der Waals surface area contributed by atoms with Crippen molar-refractivity contribution in [2.45, 2.75) is 38.5 Å². The van der Waals surface area contributed by atoms with Crippen LogP contribution in [0, 0.1) is 0 Å². The maximum absolute atomic E-state index is 13.0. The highest BCUT2D eigenvalue weighted by molar-refractivity contribution is 5.91. The lowest BCUT2D eigenvalue weighted by atomic mass is 9.99. The number of nitrogens with zero attached hydrogens (tertiary/aromatic N) is 2. The molecule has 10 heteroatoms. The molecule has 0 unspecified atom stereocenters. The highest BCUT2D eigenvalue weighted by Crippen LogP contribution is 2.40. The average molecular weight is 485 g/mol. The number of fused-ring (bicyclic) bond motifs is 3. The van der Waals surface area contributed by atoms with Crippen LogP contribution in [0.2, 0.25) is 0 Å². The van der Waals surface area contributed by atoms with Crippen LogP contribution in [0.1, 0.15) is 30.0 Å². The number of ether oxygens (including phenoxy) is 1. The number of aryl methyl sites for hydroxylation is 1. The summed E-state index contributed by atoms with van der Waals surface area (Å²) in [6.45, 7) is 1.91. The summed E-state index contributed by atoms with van der Waals surface area (Å²) in [4.78, 5) is 25.2. The van der Waals surface area contributed by atoms with E-state index in [1.165, 1.54) is 24.0 Å². The van der Waals surface area contributed by atoms with Crippen molar-refractivity contribution in [2.24, 2.45) is 0 Å². The lowest BCUT2D eigenvalue weighted by Gasteiger charge is -2.15. The van der Waals surface area contributed by atoms with Gasteiger partial charge in [-0.05, 0) is 49.1 Å². The Kier molecular flexibility index (Phi) is 5.74. The molecule has 1 aliphatic heterocycles. The summed E-state index contributed by atoms with van der Waals surface area (Å²) >= 11 is 0. The van der Waals surface area contributed by atoms with E-state index in [1.54, 1.807) is 0 Å². The molecule has 2 aromatic carbocycles. The number of hydrogen-bond donors (Lipinski definition) is 1. The Morgan fingerprint density at radius 1 is 1.17 bits per heavy atom. The molecule has 2 aliphatic rings. The second-order valence-corrected chi connectivity index (χ2v) is 8.66. The van der Waals surface area contributed by atoms with Crippen molar-refractivity contribution in [3.8, 4) is 22.6 Å². The van der Waals surface area contributed by atoms with Gasteiger partial charge in [-0.1, -0.05) is 23.4 Å². The molecule has 1 saturated heterocycles. The van der Waals surface area contributed by atoms with Crippen molar-refractivity contribution in [1.29, 1.82) is 0 Å². The minimum Gasteiger partial charge on any atom is -0.442 e. The van der Waals surface area contributed by atoms with Crippen molar-refractivity contribution < 1.29 is 32.0 Å². The van der Waals surface area contributed by atoms with Crippen LogP contribution in [-0.2, 0) is 28.5 Å². The molecule has 1 atom stereocenters. The van der Waals surface area contributed by atoms with Gasteiger partial charge in [-0.3, -0.25) is 9.69 Å². The SMILES string of the molecule is CC(=O)NC[C@H]1CN(c2ccc3c(c2)-c2onc(-c4ccc(C(F)(F)F)cc4)c2CCC3)C(=O)O1. The van der Waals surface area contributed by atoms with Crippen LogP contribution in [0.5, 0.6) is 0 Å². The van der Waals surface area contributed by atoms with Gasteiger partial charge in [0.25, 0.3) is 0 Å². The van der Waals surface area contributed by atoms with Gasteiger partial charge in [0.05, 0.1) is 18.7 Å². The second-order valence-electron chi connectivity index (χ2n) is 8.66. The molecule has 35 heavy (non-hydrogen) atoms. The van der Waals surface area contributed by atoms with E-state index in [2.05, 4.69) is 10.5 Å². The minimum atomic E-state index is -4.41. The first kappa shape index (κ1) is 22.9. The van der Waals surface area contributed by atoms with E-state index in [-0.39, 0.29) is 19.0 Å². The van der Waals surface area contributed by atoms with E-state index in [0.29, 0.717) is 29.1 Å². The summed E-state index contributed by atoms with van der Waals surface area (Å²) < 4.78 is 50.0. The third-order valence-electron chi connectivity index (χ3n) is 6.25. The molecule has 1 N–H and O–H groups in total. The van der Waals surface area contributed by atoms with E-state index in [1.807, 2.05) is 18.2 Å². The number of cyclic esters (lactones) is 1. The molecule has 7 nitrogen and oxygen atoms in total. The van der Waals surface area contributed by atoms with Crippen LogP contribution in [0.3, 0.4) is 0 Å². The first-order valence-corrected chi connectivity index (χ1v) is 11.2. The number of anilines is 1. The lowest BCUT2D eigenvalue weighted by Crippen LogP contribution is -2.33. The molecule has 1 fully saturated rings. The van der Waals surface area contributed by atoms with E-state index in [9.17, 15) is 22.8 Å². The summed E-state index contributed by atoms with van der Waals surface area (Å²) in [5.41, 5.74) is 3.62. The summed E-state index contributed by atoms with van der Waals surface area (Å²) in [5.74, 6) is 0.350. The van der Waals surface area contributed by atoms with Gasteiger partial charge in [0.2, 0.25) is 5.91 Å². The Bertz CT molecular complexity index is 1280. The molecule has 2 heterocycles. The second kappa shape index (κ2) is 8.75. The fraction of sp³-hybridized carbons (Fsp3) is 0.320. The molecular formula is C25H22F3N3O4. The molecule has 1 aromatic heterocycles. The average Bonchev–Trinajstić information content (AvgIpc) is 3.36. The number of hydrogen-bond acceptors (Lipinski definition) is 5. The van der Waals surface area contributed by atoms with Crippen molar-refractivity contribution in [3.63, 3.8) is 0 Å². The van der Waals surface area contributed by atoms with Crippen LogP contribution in [0.4, 0.5) is 23.7 Å². The van der Waals surface area contributed by atoms with E-state index < -0.39 is 23.9 Å². The number of halogens is 3. The number of benzene rings is 2. The number of rotatable bonds is 4. The summed E-state index contributed by atoms with van der Waals surface area (Å²) in [5, 5.41) is 6.85. The van der Waals surface area contributed by atoms with Crippen LogP contribution < -0.4 is 10.2 Å². The highest BCUT2D eigenvalue weighted by Gasteiger charge is 2.34. The van der Waals surface area contributed by atoms with Crippen molar-refractivity contribution in [1.82, 2.24) is 10.5 Å². The zero-order chi connectivity index (χ0) is 24.7. The monoisotopic (exact) mass is 485 g/mol. The quantitative estimate of drug-likeness (QED) is 0.564. The number of amides is 2. The molecule has 2 amide bonds. The smallest absolute Gasteiger partial charge is 0.416 e. The molecule has 182 valence electrons. The maximum Gasteiger partial charge on any atom is 0.416 e. The van der Waals surface area contributed by atoms with Gasteiger partial charge in [0.1, 0.15) is 11.8 Å². The number of carbonyl (C=O) groups excluding carboxylic acids is 2. The van der Waals surface area contributed by atoms with E-state index >= 15 is 0 Å². The maximum atomic E-state index is 13.0. The molecule has 0 bridgehead atoms. The molecule has 0 saturated carbocycles. The van der Waals surface area contributed by atoms with Gasteiger partial charge in [-0.25, -0.2) is 4.79 Å². The number of nitrogens with one attached hydrogen (secondary N) is 1. The third-order valence-corrected chi connectivity index (χ3v) is 6.25. The summed E-state index contributed by atoms with van der Waals surface area (Å²) in [6, 6.07) is 10.5. The Hall–Kier alpha value is -3.82. The Morgan fingerprint density at radius 2 is 1.94 bits per heavy atom. The van der Waals surface area contributed by atoms with Crippen LogP contribution >= 0.6 is 0 Å². The molecule has 1 aliphatic carbocycles. The van der Waals surface area contributed by atoms with Gasteiger partial charge < -0.3 is 14.6 Å². The normalized spacial score (nSPS) is 17.4. The zero-order valence-corrected chi connectivity index (χ0v) is 18.8.